The normalized spacial score (nSPS) is 16.1. The van der Waals surface area contributed by atoms with Gasteiger partial charge in [0.2, 0.25) is 0 Å². The summed E-state index contributed by atoms with van der Waals surface area (Å²) in [4.78, 5) is 12.5. The molecule has 0 aliphatic carbocycles. The first-order valence-electron chi connectivity index (χ1n) is 9.53. The number of rotatable bonds is 8. The molecule has 3 rings (SSSR count). The van der Waals surface area contributed by atoms with E-state index in [1.807, 2.05) is 38.1 Å². The number of benzene rings is 2. The first-order valence-corrected chi connectivity index (χ1v) is 11.0. The van der Waals surface area contributed by atoms with E-state index in [1.165, 1.54) is 16.4 Å². The molecule has 6 nitrogen and oxygen atoms in total. The maximum atomic E-state index is 13.3. The number of para-hydroxylation sites is 1. The first-order chi connectivity index (χ1) is 13.4. The molecule has 1 amide bonds. The molecular weight excluding hydrogens is 376 g/mol. The Bertz CT molecular complexity index is 943. The Labute approximate surface area is 166 Å². The molecule has 7 heteroatoms. The summed E-state index contributed by atoms with van der Waals surface area (Å²) in [6, 6.07) is 13.6. The van der Waals surface area contributed by atoms with Crippen LogP contribution in [0.5, 0.6) is 0 Å². The van der Waals surface area contributed by atoms with Gasteiger partial charge in [-0.15, -0.1) is 0 Å². The topological polar surface area (TPSA) is 75.7 Å². The number of fused-ring (bicyclic) bond motifs is 1. The Morgan fingerprint density at radius 1 is 1.21 bits per heavy atom. The van der Waals surface area contributed by atoms with Gasteiger partial charge in [0.1, 0.15) is 0 Å². The van der Waals surface area contributed by atoms with Crippen molar-refractivity contribution in [2.45, 2.75) is 37.6 Å². The minimum Gasteiger partial charge on any atom is -0.382 e. The highest BCUT2D eigenvalue weighted by Gasteiger charge is 2.36. The number of carbonyl (C=O) groups is 1. The van der Waals surface area contributed by atoms with E-state index in [0.29, 0.717) is 43.9 Å². The third-order valence-corrected chi connectivity index (χ3v) is 6.68. The Morgan fingerprint density at radius 2 is 2.00 bits per heavy atom. The summed E-state index contributed by atoms with van der Waals surface area (Å²) in [7, 11) is -3.76. The zero-order valence-electron chi connectivity index (χ0n) is 16.2. The number of carbonyl (C=O) groups excluding carboxylic acids is 1. The summed E-state index contributed by atoms with van der Waals surface area (Å²) in [6.07, 6.45) is 1.38. The summed E-state index contributed by atoms with van der Waals surface area (Å²) in [5.41, 5.74) is 2.06. The van der Waals surface area contributed by atoms with E-state index in [-0.39, 0.29) is 16.8 Å². The molecule has 0 unspecified atom stereocenters. The Kier molecular flexibility index (Phi) is 6.36. The van der Waals surface area contributed by atoms with Crippen molar-refractivity contribution in [1.29, 1.82) is 0 Å². The zero-order valence-corrected chi connectivity index (χ0v) is 17.0. The zero-order chi connectivity index (χ0) is 20.1. The number of hydrogen-bond donors (Lipinski definition) is 1. The van der Waals surface area contributed by atoms with Crippen molar-refractivity contribution >= 4 is 21.6 Å². The van der Waals surface area contributed by atoms with Crippen LogP contribution in [0.25, 0.3) is 0 Å². The van der Waals surface area contributed by atoms with Crippen molar-refractivity contribution in [3.63, 3.8) is 0 Å². The van der Waals surface area contributed by atoms with Gasteiger partial charge in [-0.05, 0) is 56.5 Å². The van der Waals surface area contributed by atoms with Crippen LogP contribution in [-0.2, 0) is 21.2 Å². The van der Waals surface area contributed by atoms with E-state index in [9.17, 15) is 13.2 Å². The monoisotopic (exact) mass is 402 g/mol. The fourth-order valence-electron chi connectivity index (χ4n) is 3.44. The molecule has 1 atom stereocenters. The molecular formula is C21H26N2O4S. The molecule has 0 bridgehead atoms. The molecule has 0 radical (unpaired) electrons. The fourth-order valence-corrected chi connectivity index (χ4v) is 5.18. The average molecular weight is 403 g/mol. The molecule has 150 valence electrons. The molecule has 1 aliphatic heterocycles. The summed E-state index contributed by atoms with van der Waals surface area (Å²) in [5, 5.41) is 2.80. The molecule has 0 saturated carbocycles. The average Bonchev–Trinajstić information content (AvgIpc) is 3.04. The standard InChI is InChI=1S/C21H26N2O4S/c1-3-27-13-7-12-22-21(24)18-9-6-10-19(15-18)28(25,26)23-16(2)14-17-8-4-5-11-20(17)23/h4-6,8-11,15-16H,3,7,12-14H2,1-2H3,(H,22,24)/t16-/m0/s1. The minimum atomic E-state index is -3.76. The van der Waals surface area contributed by atoms with Gasteiger partial charge in [0, 0.05) is 31.4 Å². The number of nitrogens with zero attached hydrogens (tertiary/aromatic N) is 1. The fraction of sp³-hybridized carbons (Fsp3) is 0.381. The van der Waals surface area contributed by atoms with Gasteiger partial charge in [-0.25, -0.2) is 8.42 Å². The van der Waals surface area contributed by atoms with Crippen molar-refractivity contribution in [3.05, 3.63) is 59.7 Å². The minimum absolute atomic E-state index is 0.123. The van der Waals surface area contributed by atoms with Gasteiger partial charge < -0.3 is 10.1 Å². The number of sulfonamides is 1. The smallest absolute Gasteiger partial charge is 0.264 e. The van der Waals surface area contributed by atoms with Gasteiger partial charge in [-0.3, -0.25) is 9.10 Å². The van der Waals surface area contributed by atoms with Gasteiger partial charge in [0.25, 0.3) is 15.9 Å². The van der Waals surface area contributed by atoms with Crippen LogP contribution in [0.2, 0.25) is 0 Å². The van der Waals surface area contributed by atoms with Gasteiger partial charge in [0.05, 0.1) is 10.6 Å². The lowest BCUT2D eigenvalue weighted by molar-refractivity contribution is 0.0944. The van der Waals surface area contributed by atoms with E-state index in [0.717, 1.165) is 5.56 Å². The van der Waals surface area contributed by atoms with Gasteiger partial charge >= 0.3 is 0 Å². The van der Waals surface area contributed by atoms with Crippen molar-refractivity contribution in [2.24, 2.45) is 0 Å². The Balaban J connectivity index is 1.79. The summed E-state index contributed by atoms with van der Waals surface area (Å²) in [5.74, 6) is -0.289. The van der Waals surface area contributed by atoms with Crippen molar-refractivity contribution in [1.82, 2.24) is 5.32 Å². The predicted molar refractivity (Wildman–Crippen MR) is 109 cm³/mol. The number of amides is 1. The van der Waals surface area contributed by atoms with Crippen molar-refractivity contribution in [3.8, 4) is 0 Å². The van der Waals surface area contributed by atoms with Crippen LogP contribution in [0.4, 0.5) is 5.69 Å². The van der Waals surface area contributed by atoms with E-state index in [2.05, 4.69) is 5.32 Å². The van der Waals surface area contributed by atoms with Crippen LogP contribution in [0, 0.1) is 0 Å². The number of anilines is 1. The lowest BCUT2D eigenvalue weighted by Crippen LogP contribution is -2.36. The lowest BCUT2D eigenvalue weighted by Gasteiger charge is -2.24. The molecule has 1 aliphatic rings. The van der Waals surface area contributed by atoms with Crippen LogP contribution in [0.1, 0.15) is 36.2 Å². The molecule has 0 spiro atoms. The second-order valence-electron chi connectivity index (χ2n) is 6.82. The third-order valence-electron chi connectivity index (χ3n) is 4.75. The van der Waals surface area contributed by atoms with E-state index < -0.39 is 10.0 Å². The van der Waals surface area contributed by atoms with Gasteiger partial charge in [-0.1, -0.05) is 24.3 Å². The largest absolute Gasteiger partial charge is 0.382 e. The van der Waals surface area contributed by atoms with E-state index >= 15 is 0 Å². The Hall–Kier alpha value is -2.38. The summed E-state index contributed by atoms with van der Waals surface area (Å²) >= 11 is 0. The first kappa shape index (κ1) is 20.4. The number of hydrogen-bond acceptors (Lipinski definition) is 4. The molecule has 2 aromatic carbocycles. The molecule has 0 fully saturated rings. The van der Waals surface area contributed by atoms with Gasteiger partial charge in [0.15, 0.2) is 0 Å². The highest BCUT2D eigenvalue weighted by atomic mass is 32.2. The molecule has 0 aromatic heterocycles. The summed E-state index contributed by atoms with van der Waals surface area (Å²) < 4.78 is 33.3. The van der Waals surface area contributed by atoms with Crippen molar-refractivity contribution < 1.29 is 17.9 Å². The van der Waals surface area contributed by atoms with Gasteiger partial charge in [-0.2, -0.15) is 0 Å². The Morgan fingerprint density at radius 3 is 2.79 bits per heavy atom. The quantitative estimate of drug-likeness (QED) is 0.689. The van der Waals surface area contributed by atoms with Crippen LogP contribution in [0.15, 0.2) is 53.4 Å². The maximum Gasteiger partial charge on any atom is 0.264 e. The second kappa shape index (κ2) is 8.75. The van der Waals surface area contributed by atoms with Crippen LogP contribution in [-0.4, -0.2) is 40.1 Å². The van der Waals surface area contributed by atoms with E-state index in [4.69, 9.17) is 4.74 Å². The van der Waals surface area contributed by atoms with Crippen LogP contribution < -0.4 is 9.62 Å². The predicted octanol–water partition coefficient (Wildman–Crippen LogP) is 2.98. The highest BCUT2D eigenvalue weighted by Crippen LogP contribution is 2.36. The lowest BCUT2D eigenvalue weighted by atomic mass is 10.1. The van der Waals surface area contributed by atoms with E-state index in [1.54, 1.807) is 12.1 Å². The molecule has 1 N–H and O–H groups in total. The molecule has 28 heavy (non-hydrogen) atoms. The van der Waals surface area contributed by atoms with Crippen LogP contribution in [0.3, 0.4) is 0 Å². The summed E-state index contributed by atoms with van der Waals surface area (Å²) in [6.45, 7) is 5.52. The molecule has 1 heterocycles. The SMILES string of the molecule is CCOCCCNC(=O)c1cccc(S(=O)(=O)N2c3ccccc3C[C@@H]2C)c1. The van der Waals surface area contributed by atoms with Crippen molar-refractivity contribution in [2.75, 3.05) is 24.1 Å². The number of ether oxygens (including phenoxy) is 1. The number of nitrogens with one attached hydrogen (secondary N) is 1. The molecule has 2 aromatic rings. The second-order valence-corrected chi connectivity index (χ2v) is 8.63. The third kappa shape index (κ3) is 4.20. The highest BCUT2D eigenvalue weighted by molar-refractivity contribution is 7.92. The molecule has 0 saturated heterocycles. The maximum absolute atomic E-state index is 13.3. The van der Waals surface area contributed by atoms with Crippen LogP contribution >= 0.6 is 0 Å².